The largest absolute Gasteiger partial charge is 0.450 e. The number of amides is 1. The second-order valence-corrected chi connectivity index (χ2v) is 6.23. The average molecular weight is 349 g/mol. The van der Waals surface area contributed by atoms with Crippen molar-refractivity contribution in [3.05, 3.63) is 34.9 Å². The molecule has 1 saturated heterocycles. The Morgan fingerprint density at radius 1 is 1.25 bits per heavy atom. The zero-order chi connectivity index (χ0) is 17.2. The third-order valence-corrected chi connectivity index (χ3v) is 4.22. The van der Waals surface area contributed by atoms with Gasteiger partial charge in [0.1, 0.15) is 0 Å². The molecule has 1 heterocycles. The number of piperazine rings is 1. The summed E-state index contributed by atoms with van der Waals surface area (Å²) in [6, 6.07) is 7.64. The molecule has 2 rings (SSSR count). The third-order valence-electron chi connectivity index (χ3n) is 3.98. The van der Waals surface area contributed by atoms with E-state index in [0.29, 0.717) is 6.61 Å². The van der Waals surface area contributed by atoms with E-state index in [1.165, 1.54) is 0 Å². The molecule has 1 aromatic rings. The van der Waals surface area contributed by atoms with Gasteiger partial charge in [-0.3, -0.25) is 4.90 Å². The third kappa shape index (κ3) is 6.43. The number of nitrogens with zero attached hydrogens (tertiary/aromatic N) is 2. The van der Waals surface area contributed by atoms with Crippen LogP contribution in [0.3, 0.4) is 0 Å². The summed E-state index contributed by atoms with van der Waals surface area (Å²) in [4.78, 5) is 15.8. The molecule has 4 nitrogen and oxygen atoms in total. The monoisotopic (exact) mass is 348 g/mol. The number of unbranched alkanes of at least 4 members (excludes halogenated alkanes) is 2. The first-order valence-corrected chi connectivity index (χ1v) is 8.95. The van der Waals surface area contributed by atoms with Crippen LogP contribution in [0.2, 0.25) is 5.02 Å². The predicted octanol–water partition coefficient (Wildman–Crippen LogP) is 3.64. The fourth-order valence-electron chi connectivity index (χ4n) is 2.65. The van der Waals surface area contributed by atoms with Gasteiger partial charge in [0.2, 0.25) is 0 Å². The number of halogens is 1. The van der Waals surface area contributed by atoms with Gasteiger partial charge >= 0.3 is 6.09 Å². The second kappa shape index (κ2) is 10.2. The van der Waals surface area contributed by atoms with Gasteiger partial charge in [0, 0.05) is 43.2 Å². The zero-order valence-corrected chi connectivity index (χ0v) is 15.0. The highest BCUT2D eigenvalue weighted by Crippen LogP contribution is 2.10. The maximum Gasteiger partial charge on any atom is 0.409 e. The summed E-state index contributed by atoms with van der Waals surface area (Å²) in [6.07, 6.45) is 2.93. The van der Waals surface area contributed by atoms with E-state index in [-0.39, 0.29) is 6.09 Å². The van der Waals surface area contributed by atoms with Gasteiger partial charge < -0.3 is 9.64 Å². The van der Waals surface area contributed by atoms with Crippen LogP contribution in [-0.4, -0.2) is 55.2 Å². The van der Waals surface area contributed by atoms with Crippen molar-refractivity contribution in [2.24, 2.45) is 0 Å². The summed E-state index contributed by atoms with van der Waals surface area (Å²) in [6.45, 7) is 6.70. The summed E-state index contributed by atoms with van der Waals surface area (Å²) in [5.41, 5.74) is 0.970. The van der Waals surface area contributed by atoms with Crippen LogP contribution >= 0.6 is 11.6 Å². The van der Waals surface area contributed by atoms with Gasteiger partial charge in [-0.25, -0.2) is 4.79 Å². The van der Waals surface area contributed by atoms with Crippen molar-refractivity contribution in [1.82, 2.24) is 9.80 Å². The quantitative estimate of drug-likeness (QED) is 0.601. The van der Waals surface area contributed by atoms with E-state index < -0.39 is 0 Å². The first-order chi connectivity index (χ1) is 11.7. The molecule has 0 radical (unpaired) electrons. The Kier molecular flexibility index (Phi) is 7.94. The topological polar surface area (TPSA) is 32.8 Å². The minimum absolute atomic E-state index is 0.187. The molecule has 1 amide bonds. The molecule has 0 atom stereocenters. The second-order valence-electron chi connectivity index (χ2n) is 5.80. The lowest BCUT2D eigenvalue weighted by molar-refractivity contribution is 0.0793. The molecule has 1 aromatic carbocycles. The summed E-state index contributed by atoms with van der Waals surface area (Å²) >= 11 is 5.94. The van der Waals surface area contributed by atoms with Gasteiger partial charge in [-0.05, 0) is 44.5 Å². The van der Waals surface area contributed by atoms with Crippen LogP contribution in [0.5, 0.6) is 0 Å². The fraction of sp³-hybridized carbons (Fsp3) is 0.526. The maximum atomic E-state index is 11.6. The lowest BCUT2D eigenvalue weighted by Crippen LogP contribution is -2.49. The van der Waals surface area contributed by atoms with Gasteiger partial charge in [-0.1, -0.05) is 29.5 Å². The molecule has 1 aliphatic rings. The van der Waals surface area contributed by atoms with Crippen molar-refractivity contribution in [3.63, 3.8) is 0 Å². The highest BCUT2D eigenvalue weighted by Gasteiger charge is 2.21. The fourth-order valence-corrected chi connectivity index (χ4v) is 2.84. The molecule has 0 aromatic heterocycles. The SMILES string of the molecule is CCOC(=O)N1CCN(CCCCC#Cc2cccc(Cl)c2)CC1. The molecule has 24 heavy (non-hydrogen) atoms. The van der Waals surface area contributed by atoms with Crippen LogP contribution in [0.1, 0.15) is 31.7 Å². The molecule has 5 heteroatoms. The number of benzene rings is 1. The van der Waals surface area contributed by atoms with Crippen molar-refractivity contribution >= 4 is 17.7 Å². The van der Waals surface area contributed by atoms with Gasteiger partial charge in [0.25, 0.3) is 0 Å². The van der Waals surface area contributed by atoms with Crippen LogP contribution in [-0.2, 0) is 4.74 Å². The molecule has 0 aliphatic carbocycles. The van der Waals surface area contributed by atoms with Crippen molar-refractivity contribution in [3.8, 4) is 11.8 Å². The summed E-state index contributed by atoms with van der Waals surface area (Å²) in [5, 5.41) is 0.726. The number of hydrogen-bond acceptors (Lipinski definition) is 3. The predicted molar refractivity (Wildman–Crippen MR) is 97.2 cm³/mol. The Labute approximate surface area is 149 Å². The number of ether oxygens (including phenoxy) is 1. The number of rotatable bonds is 5. The van der Waals surface area contributed by atoms with Crippen LogP contribution < -0.4 is 0 Å². The van der Waals surface area contributed by atoms with Crippen molar-refractivity contribution in [2.45, 2.75) is 26.2 Å². The molecule has 130 valence electrons. The summed E-state index contributed by atoms with van der Waals surface area (Å²) in [5.74, 6) is 6.35. The number of carbonyl (C=O) groups excluding carboxylic acids is 1. The lowest BCUT2D eigenvalue weighted by atomic mass is 10.2. The first-order valence-electron chi connectivity index (χ1n) is 8.57. The Bertz CT molecular complexity index is 587. The summed E-state index contributed by atoms with van der Waals surface area (Å²) < 4.78 is 5.03. The highest BCUT2D eigenvalue weighted by atomic mass is 35.5. The van der Waals surface area contributed by atoms with E-state index in [4.69, 9.17) is 16.3 Å². The molecule has 0 unspecified atom stereocenters. The number of carbonyl (C=O) groups is 1. The lowest BCUT2D eigenvalue weighted by Gasteiger charge is -2.33. The van der Waals surface area contributed by atoms with Crippen LogP contribution in [0.15, 0.2) is 24.3 Å². The Morgan fingerprint density at radius 3 is 2.75 bits per heavy atom. The normalized spacial score (nSPS) is 14.8. The van der Waals surface area contributed by atoms with E-state index in [0.717, 1.165) is 62.6 Å². The first kappa shape index (κ1) is 18.6. The van der Waals surface area contributed by atoms with Crippen molar-refractivity contribution < 1.29 is 9.53 Å². The highest BCUT2D eigenvalue weighted by molar-refractivity contribution is 6.30. The molecular formula is C19H25ClN2O2. The van der Waals surface area contributed by atoms with Crippen LogP contribution in [0.25, 0.3) is 0 Å². The van der Waals surface area contributed by atoms with Crippen LogP contribution in [0.4, 0.5) is 4.79 Å². The van der Waals surface area contributed by atoms with Gasteiger partial charge in [0.15, 0.2) is 0 Å². The maximum absolute atomic E-state index is 11.6. The minimum atomic E-state index is -0.187. The van der Waals surface area contributed by atoms with E-state index >= 15 is 0 Å². The zero-order valence-electron chi connectivity index (χ0n) is 14.3. The van der Waals surface area contributed by atoms with Gasteiger partial charge in [-0.15, -0.1) is 0 Å². The van der Waals surface area contributed by atoms with Crippen molar-refractivity contribution in [1.29, 1.82) is 0 Å². The molecule has 1 fully saturated rings. The minimum Gasteiger partial charge on any atom is -0.450 e. The van der Waals surface area contributed by atoms with Gasteiger partial charge in [-0.2, -0.15) is 0 Å². The molecule has 0 saturated carbocycles. The summed E-state index contributed by atoms with van der Waals surface area (Å²) in [7, 11) is 0. The Hall–Kier alpha value is -1.70. The van der Waals surface area contributed by atoms with E-state index in [2.05, 4.69) is 16.7 Å². The molecule has 0 N–H and O–H groups in total. The Morgan fingerprint density at radius 2 is 2.04 bits per heavy atom. The molecule has 1 aliphatic heterocycles. The molecule has 0 spiro atoms. The smallest absolute Gasteiger partial charge is 0.409 e. The van der Waals surface area contributed by atoms with E-state index in [1.807, 2.05) is 31.2 Å². The van der Waals surface area contributed by atoms with E-state index in [1.54, 1.807) is 4.90 Å². The molecule has 0 bridgehead atoms. The number of hydrogen-bond donors (Lipinski definition) is 0. The van der Waals surface area contributed by atoms with Crippen molar-refractivity contribution in [2.75, 3.05) is 39.3 Å². The Balaban J connectivity index is 1.58. The van der Waals surface area contributed by atoms with E-state index in [9.17, 15) is 4.79 Å². The van der Waals surface area contributed by atoms with Crippen LogP contribution in [0, 0.1) is 11.8 Å². The van der Waals surface area contributed by atoms with Gasteiger partial charge in [0.05, 0.1) is 6.61 Å². The standard InChI is InChI=1S/C19H25ClN2O2/c1-2-24-19(23)22-14-12-21(13-15-22)11-6-4-3-5-8-17-9-7-10-18(20)16-17/h7,9-10,16H,2-4,6,11-15H2,1H3. The molecular weight excluding hydrogens is 324 g/mol. The average Bonchev–Trinajstić information content (AvgIpc) is 2.59.